The van der Waals surface area contributed by atoms with Gasteiger partial charge in [-0.25, -0.2) is 13.5 Å². The van der Waals surface area contributed by atoms with Gasteiger partial charge in [-0.05, 0) is 12.1 Å². The fourth-order valence-corrected chi connectivity index (χ4v) is 1.52. The standard InChI is InChI=1S/C12H12F2N2/c1-8(2)12-10(14)7-16(15-12)11-6-4-3-5-9(11)13/h3-8H,1-2H3. The first-order valence-electron chi connectivity index (χ1n) is 5.09. The number of benzene rings is 1. The Morgan fingerprint density at radius 3 is 2.38 bits per heavy atom. The molecular formula is C12H12F2N2. The van der Waals surface area contributed by atoms with Gasteiger partial charge >= 0.3 is 0 Å². The molecule has 1 aromatic carbocycles. The number of nitrogens with zero attached hydrogens (tertiary/aromatic N) is 2. The van der Waals surface area contributed by atoms with Crippen LogP contribution in [0, 0.1) is 11.6 Å². The molecule has 16 heavy (non-hydrogen) atoms. The molecule has 0 aliphatic carbocycles. The Kier molecular flexibility index (Phi) is 2.73. The Morgan fingerprint density at radius 1 is 1.12 bits per heavy atom. The lowest BCUT2D eigenvalue weighted by molar-refractivity contribution is 0.597. The van der Waals surface area contributed by atoms with Crippen molar-refractivity contribution in [1.82, 2.24) is 9.78 Å². The summed E-state index contributed by atoms with van der Waals surface area (Å²) < 4.78 is 28.1. The van der Waals surface area contributed by atoms with Crippen LogP contribution in [-0.4, -0.2) is 9.78 Å². The lowest BCUT2D eigenvalue weighted by Crippen LogP contribution is -1.99. The van der Waals surface area contributed by atoms with Crippen LogP contribution in [0.3, 0.4) is 0 Å². The van der Waals surface area contributed by atoms with Gasteiger partial charge in [0, 0.05) is 5.92 Å². The maximum atomic E-state index is 13.5. The number of halogens is 2. The van der Waals surface area contributed by atoms with E-state index in [-0.39, 0.29) is 11.6 Å². The summed E-state index contributed by atoms with van der Waals surface area (Å²) >= 11 is 0. The predicted molar refractivity (Wildman–Crippen MR) is 57.6 cm³/mol. The third-order valence-electron chi connectivity index (χ3n) is 2.34. The van der Waals surface area contributed by atoms with Crippen LogP contribution in [0.4, 0.5) is 8.78 Å². The minimum absolute atomic E-state index is 0.0203. The van der Waals surface area contributed by atoms with Crippen molar-refractivity contribution in [1.29, 1.82) is 0 Å². The van der Waals surface area contributed by atoms with Crippen LogP contribution >= 0.6 is 0 Å². The van der Waals surface area contributed by atoms with Gasteiger partial charge in [0.1, 0.15) is 17.2 Å². The van der Waals surface area contributed by atoms with Gasteiger partial charge in [0.2, 0.25) is 0 Å². The average Bonchev–Trinajstić information content (AvgIpc) is 2.61. The van der Waals surface area contributed by atoms with E-state index >= 15 is 0 Å². The zero-order valence-corrected chi connectivity index (χ0v) is 9.11. The first kappa shape index (κ1) is 10.8. The lowest BCUT2D eigenvalue weighted by atomic mass is 10.1. The molecule has 2 nitrogen and oxygen atoms in total. The van der Waals surface area contributed by atoms with Crippen LogP contribution < -0.4 is 0 Å². The van der Waals surface area contributed by atoms with E-state index < -0.39 is 11.6 Å². The number of rotatable bonds is 2. The minimum atomic E-state index is -0.416. The molecular weight excluding hydrogens is 210 g/mol. The van der Waals surface area contributed by atoms with Crippen molar-refractivity contribution in [3.05, 3.63) is 47.8 Å². The van der Waals surface area contributed by atoms with Crippen LogP contribution in [0.5, 0.6) is 0 Å². The van der Waals surface area contributed by atoms with E-state index in [9.17, 15) is 8.78 Å². The monoisotopic (exact) mass is 222 g/mol. The number of hydrogen-bond acceptors (Lipinski definition) is 1. The third kappa shape index (κ3) is 1.83. The van der Waals surface area contributed by atoms with Gasteiger partial charge in [0.15, 0.2) is 5.82 Å². The zero-order chi connectivity index (χ0) is 11.7. The molecule has 0 aliphatic heterocycles. The van der Waals surface area contributed by atoms with Gasteiger partial charge in [0.25, 0.3) is 0 Å². The Labute approximate surface area is 92.5 Å². The molecule has 0 N–H and O–H groups in total. The van der Waals surface area contributed by atoms with Gasteiger partial charge in [-0.2, -0.15) is 5.10 Å². The van der Waals surface area contributed by atoms with E-state index in [0.717, 1.165) is 0 Å². The van der Waals surface area contributed by atoms with E-state index in [1.54, 1.807) is 18.2 Å². The highest BCUT2D eigenvalue weighted by molar-refractivity contribution is 5.33. The van der Waals surface area contributed by atoms with Crippen molar-refractivity contribution >= 4 is 0 Å². The van der Waals surface area contributed by atoms with Crippen LogP contribution in [0.15, 0.2) is 30.5 Å². The Bertz CT molecular complexity index is 503. The molecule has 0 saturated carbocycles. The summed E-state index contributed by atoms with van der Waals surface area (Å²) in [6.07, 6.45) is 1.20. The molecule has 0 unspecified atom stereocenters. The quantitative estimate of drug-likeness (QED) is 0.762. The molecule has 4 heteroatoms. The third-order valence-corrected chi connectivity index (χ3v) is 2.34. The minimum Gasteiger partial charge on any atom is -0.235 e. The molecule has 0 fully saturated rings. The van der Waals surface area contributed by atoms with E-state index in [0.29, 0.717) is 5.69 Å². The molecule has 2 rings (SSSR count). The van der Waals surface area contributed by atoms with Crippen molar-refractivity contribution in [2.45, 2.75) is 19.8 Å². The second kappa shape index (κ2) is 4.04. The summed E-state index contributed by atoms with van der Waals surface area (Å²) in [7, 11) is 0. The van der Waals surface area contributed by atoms with E-state index in [1.165, 1.54) is 16.9 Å². The highest BCUT2D eigenvalue weighted by Crippen LogP contribution is 2.19. The second-order valence-electron chi connectivity index (χ2n) is 3.91. The normalized spacial score (nSPS) is 11.1. The molecule has 0 amide bonds. The molecule has 84 valence electrons. The van der Waals surface area contributed by atoms with Gasteiger partial charge in [-0.3, -0.25) is 0 Å². The molecule has 0 radical (unpaired) electrons. The summed E-state index contributed by atoms with van der Waals surface area (Å²) in [5.74, 6) is -0.841. The highest BCUT2D eigenvalue weighted by atomic mass is 19.1. The van der Waals surface area contributed by atoms with Gasteiger partial charge in [-0.1, -0.05) is 26.0 Å². The molecule has 0 spiro atoms. The Balaban J connectivity index is 2.50. The van der Waals surface area contributed by atoms with E-state index in [4.69, 9.17) is 0 Å². The fraction of sp³-hybridized carbons (Fsp3) is 0.250. The number of para-hydroxylation sites is 1. The molecule has 0 bridgehead atoms. The molecule has 0 atom stereocenters. The summed E-state index contributed by atoms with van der Waals surface area (Å²) in [5.41, 5.74) is 0.608. The molecule has 0 aliphatic rings. The maximum absolute atomic E-state index is 13.5. The van der Waals surface area contributed by atoms with Crippen LogP contribution in [0.1, 0.15) is 25.5 Å². The first-order valence-corrected chi connectivity index (χ1v) is 5.09. The van der Waals surface area contributed by atoms with Gasteiger partial charge < -0.3 is 0 Å². The topological polar surface area (TPSA) is 17.8 Å². The molecule has 1 heterocycles. The van der Waals surface area contributed by atoms with Crippen LogP contribution in [-0.2, 0) is 0 Å². The SMILES string of the molecule is CC(C)c1nn(-c2ccccc2F)cc1F. The smallest absolute Gasteiger partial charge is 0.165 e. The summed E-state index contributed by atoms with van der Waals surface area (Å²) in [6, 6.07) is 6.16. The van der Waals surface area contributed by atoms with E-state index in [1.807, 2.05) is 13.8 Å². The largest absolute Gasteiger partial charge is 0.235 e. The lowest BCUT2D eigenvalue weighted by Gasteiger charge is -2.02. The van der Waals surface area contributed by atoms with Crippen molar-refractivity contribution < 1.29 is 8.78 Å². The first-order chi connectivity index (χ1) is 7.59. The van der Waals surface area contributed by atoms with Crippen molar-refractivity contribution in [2.75, 3.05) is 0 Å². The van der Waals surface area contributed by atoms with Crippen molar-refractivity contribution in [3.8, 4) is 5.69 Å². The molecule has 1 aromatic heterocycles. The fourth-order valence-electron chi connectivity index (χ4n) is 1.52. The molecule has 2 aromatic rings. The van der Waals surface area contributed by atoms with Crippen LogP contribution in [0.25, 0.3) is 5.69 Å². The second-order valence-corrected chi connectivity index (χ2v) is 3.91. The zero-order valence-electron chi connectivity index (χ0n) is 9.11. The average molecular weight is 222 g/mol. The number of aromatic nitrogens is 2. The summed E-state index contributed by atoms with van der Waals surface area (Å²) in [4.78, 5) is 0. The highest BCUT2D eigenvalue weighted by Gasteiger charge is 2.14. The Morgan fingerprint density at radius 2 is 1.81 bits per heavy atom. The summed E-state index contributed by atoms with van der Waals surface area (Å²) in [5, 5.41) is 4.04. The van der Waals surface area contributed by atoms with Crippen molar-refractivity contribution in [3.63, 3.8) is 0 Å². The van der Waals surface area contributed by atoms with Gasteiger partial charge in [-0.15, -0.1) is 0 Å². The van der Waals surface area contributed by atoms with E-state index in [2.05, 4.69) is 5.10 Å². The predicted octanol–water partition coefficient (Wildman–Crippen LogP) is 3.27. The summed E-state index contributed by atoms with van der Waals surface area (Å²) in [6.45, 7) is 3.69. The molecule has 0 saturated heterocycles. The maximum Gasteiger partial charge on any atom is 0.165 e. The Hall–Kier alpha value is -1.71. The number of hydrogen-bond donors (Lipinski definition) is 0. The van der Waals surface area contributed by atoms with Crippen LogP contribution in [0.2, 0.25) is 0 Å². The van der Waals surface area contributed by atoms with Gasteiger partial charge in [0.05, 0.1) is 6.20 Å². The van der Waals surface area contributed by atoms with Crippen molar-refractivity contribution in [2.24, 2.45) is 0 Å².